The Kier molecular flexibility index (Phi) is 9.47. The number of benzene rings is 2. The van der Waals surface area contributed by atoms with Crippen LogP contribution in [0.25, 0.3) is 22.5 Å². The van der Waals surface area contributed by atoms with Crippen molar-refractivity contribution < 1.29 is 51.9 Å². The second-order valence-electron chi connectivity index (χ2n) is 9.31. The first-order valence-electron chi connectivity index (χ1n) is 12.8. The van der Waals surface area contributed by atoms with Crippen molar-refractivity contribution in [3.63, 3.8) is 0 Å². The third-order valence-corrected chi connectivity index (χ3v) is 6.31. The molecule has 2 heterocycles. The number of aryl methyl sites for hydroxylation is 1. The average molecular weight is 626 g/mol. The molecule has 0 saturated heterocycles. The molecule has 0 fully saturated rings. The van der Waals surface area contributed by atoms with E-state index in [0.717, 1.165) is 4.57 Å². The Morgan fingerprint density at radius 3 is 2.25 bits per heavy atom. The maximum absolute atomic E-state index is 14.3. The number of hydrogen-bond donors (Lipinski definition) is 3. The van der Waals surface area contributed by atoms with E-state index in [1.165, 1.54) is 0 Å². The van der Waals surface area contributed by atoms with Gasteiger partial charge in [0.25, 0.3) is 5.91 Å². The highest BCUT2D eigenvalue weighted by molar-refractivity contribution is 5.87. The number of nitrogens with zero attached hydrogens (tertiary/aromatic N) is 7. The molecular weight excluding hydrogens is 601 g/mol. The summed E-state index contributed by atoms with van der Waals surface area (Å²) in [5.41, 5.74) is -1.04. The van der Waals surface area contributed by atoms with Gasteiger partial charge in [-0.1, -0.05) is 60.3 Å². The van der Waals surface area contributed by atoms with Crippen LogP contribution >= 0.6 is 0 Å². The molecule has 234 valence electrons. The van der Waals surface area contributed by atoms with Crippen LogP contribution in [0.15, 0.2) is 48.5 Å². The number of alkyl halides is 5. The van der Waals surface area contributed by atoms with Gasteiger partial charge in [-0.25, -0.2) is 9.78 Å². The molecule has 13 nitrogen and oxygen atoms in total. The van der Waals surface area contributed by atoms with Gasteiger partial charge in [0.15, 0.2) is 11.4 Å². The van der Waals surface area contributed by atoms with Crippen molar-refractivity contribution in [1.82, 2.24) is 35.1 Å². The Morgan fingerprint density at radius 1 is 1.00 bits per heavy atom. The summed E-state index contributed by atoms with van der Waals surface area (Å²) in [6, 6.07) is 13.1. The van der Waals surface area contributed by atoms with Gasteiger partial charge in [0.2, 0.25) is 5.82 Å². The molecule has 3 N–H and O–H groups in total. The van der Waals surface area contributed by atoms with Gasteiger partial charge < -0.3 is 9.67 Å². The molecule has 0 unspecified atom stereocenters. The zero-order valence-electron chi connectivity index (χ0n) is 22.7. The number of carbonyl (C=O) groups excluding carboxylic acids is 1. The predicted octanol–water partition coefficient (Wildman–Crippen LogP) is 4.60. The Balaban J connectivity index is 1.63. The predicted molar refractivity (Wildman–Crippen MR) is 138 cm³/mol. The van der Waals surface area contributed by atoms with Crippen molar-refractivity contribution in [3.8, 4) is 22.5 Å². The minimum absolute atomic E-state index is 0.0375. The van der Waals surface area contributed by atoms with Crippen LogP contribution in [-0.4, -0.2) is 75.3 Å². The van der Waals surface area contributed by atoms with Gasteiger partial charge in [-0.05, 0) is 28.3 Å². The van der Waals surface area contributed by atoms with Gasteiger partial charge in [0.1, 0.15) is 5.82 Å². The highest BCUT2D eigenvalue weighted by atomic mass is 19.4. The van der Waals surface area contributed by atoms with E-state index in [2.05, 4.69) is 25.2 Å². The lowest BCUT2D eigenvalue weighted by atomic mass is 9.98. The van der Waals surface area contributed by atoms with Crippen LogP contribution in [0.3, 0.4) is 0 Å². The fourth-order valence-electron chi connectivity index (χ4n) is 4.30. The van der Waals surface area contributed by atoms with E-state index < -0.39 is 40.8 Å². The van der Waals surface area contributed by atoms with Gasteiger partial charge in [0.05, 0.1) is 18.4 Å². The average Bonchev–Trinajstić information content (AvgIpc) is 3.59. The number of aromatic carboxylic acids is 1. The molecule has 0 aliphatic heterocycles. The lowest BCUT2D eigenvalue weighted by Gasteiger charge is -2.18. The summed E-state index contributed by atoms with van der Waals surface area (Å²) in [5, 5.41) is 37.9. The summed E-state index contributed by atoms with van der Waals surface area (Å²) in [7, 11) is 0. The quantitative estimate of drug-likeness (QED) is 0.149. The highest BCUT2D eigenvalue weighted by Gasteiger charge is 2.62. The Bertz CT molecular complexity index is 1640. The Hall–Kier alpha value is -4.65. The molecule has 18 heteroatoms. The van der Waals surface area contributed by atoms with Crippen molar-refractivity contribution in [1.29, 1.82) is 0 Å². The smallest absolute Gasteiger partial charge is 0.459 e. The molecule has 2 aromatic carbocycles. The number of rotatable bonds is 12. The Labute approximate surface area is 244 Å². The van der Waals surface area contributed by atoms with Gasteiger partial charge >= 0.3 is 18.1 Å². The minimum atomic E-state index is -6.04. The molecule has 0 atom stereocenters. The molecule has 0 aliphatic rings. The van der Waals surface area contributed by atoms with E-state index >= 15 is 0 Å². The van der Waals surface area contributed by atoms with Crippen molar-refractivity contribution >= 4 is 11.9 Å². The maximum Gasteiger partial charge on any atom is 0.459 e. The summed E-state index contributed by atoms with van der Waals surface area (Å²) in [4.78, 5) is 32.7. The molecule has 0 spiro atoms. The molecule has 0 saturated carbocycles. The summed E-state index contributed by atoms with van der Waals surface area (Å²) in [5.74, 6) is -8.24. The highest BCUT2D eigenvalue weighted by Crippen LogP contribution is 2.45. The van der Waals surface area contributed by atoms with E-state index in [-0.39, 0.29) is 37.6 Å². The van der Waals surface area contributed by atoms with Crippen molar-refractivity contribution in [3.05, 3.63) is 71.3 Å². The zero-order chi connectivity index (χ0) is 32.2. The molecule has 4 aromatic rings. The standard InChI is InChI=1S/C26H24F5N7O6/c1-2-5-19-32-22(25(27,28)26(29,30)31)21(24(40)41)36(19)14-15-8-10-16(11-9-15)17-6-3-4-7-18(17)23-33-35-37(34-23)20(39)12-13-44-38(42)43/h3-4,6-11,42-43H,2,5,12-14H2,1H3,(H,40,41). The van der Waals surface area contributed by atoms with Crippen LogP contribution in [-0.2, 0) is 23.7 Å². The lowest BCUT2D eigenvalue weighted by molar-refractivity contribution is -0.491. The van der Waals surface area contributed by atoms with Gasteiger partial charge in [0, 0.05) is 18.5 Å². The van der Waals surface area contributed by atoms with Crippen LogP contribution in [0.5, 0.6) is 0 Å². The molecule has 0 aliphatic carbocycles. The first-order chi connectivity index (χ1) is 20.7. The van der Waals surface area contributed by atoms with E-state index in [0.29, 0.717) is 33.5 Å². The van der Waals surface area contributed by atoms with Crippen molar-refractivity contribution in [2.75, 3.05) is 6.61 Å². The van der Waals surface area contributed by atoms with E-state index in [1.807, 2.05) is 0 Å². The monoisotopic (exact) mass is 625 g/mol. The van der Waals surface area contributed by atoms with E-state index in [1.54, 1.807) is 55.5 Å². The molecule has 4 rings (SSSR count). The minimum Gasteiger partial charge on any atom is -0.477 e. The topological polar surface area (TPSA) is 169 Å². The number of carbonyl (C=O) groups is 2. The summed E-state index contributed by atoms with van der Waals surface area (Å²) in [6.45, 7) is 0.933. The largest absolute Gasteiger partial charge is 0.477 e. The molecule has 0 radical (unpaired) electrons. The Morgan fingerprint density at radius 2 is 1.66 bits per heavy atom. The second-order valence-corrected chi connectivity index (χ2v) is 9.31. The number of imidazole rings is 1. The molecule has 0 bridgehead atoms. The molecule has 2 aromatic heterocycles. The number of hydrogen-bond acceptors (Lipinski definition) is 10. The third kappa shape index (κ3) is 6.77. The van der Waals surface area contributed by atoms with Crippen LogP contribution in [0.2, 0.25) is 0 Å². The van der Waals surface area contributed by atoms with Crippen LogP contribution < -0.4 is 0 Å². The van der Waals surface area contributed by atoms with Crippen LogP contribution in [0, 0.1) is 0 Å². The van der Waals surface area contributed by atoms with E-state index in [4.69, 9.17) is 10.4 Å². The zero-order valence-corrected chi connectivity index (χ0v) is 22.7. The number of carboxylic acid groups (broad SMARTS) is 1. The van der Waals surface area contributed by atoms with Gasteiger partial charge in [-0.2, -0.15) is 22.0 Å². The van der Waals surface area contributed by atoms with Gasteiger partial charge in [-0.3, -0.25) is 20.0 Å². The SMILES string of the molecule is CCCc1nc(C(F)(F)C(F)(F)F)c(C(=O)O)n1Cc1ccc(-c2ccccc2-c2nnn(C(=O)CCON(O)O)n2)cc1. The molecular formula is C26H24F5N7O6. The first-order valence-corrected chi connectivity index (χ1v) is 12.8. The second kappa shape index (κ2) is 12.9. The fourth-order valence-corrected chi connectivity index (χ4v) is 4.30. The number of tetrazole rings is 1. The maximum atomic E-state index is 14.3. The summed E-state index contributed by atoms with van der Waals surface area (Å²) in [6.07, 6.45) is -6.07. The number of halogens is 5. The van der Waals surface area contributed by atoms with Gasteiger partial charge in [-0.15, -0.1) is 10.2 Å². The fraction of sp³-hybridized carbons (Fsp3) is 0.308. The van der Waals surface area contributed by atoms with Crippen molar-refractivity contribution in [2.24, 2.45) is 0 Å². The van der Waals surface area contributed by atoms with E-state index in [9.17, 15) is 36.6 Å². The molecule has 0 amide bonds. The van der Waals surface area contributed by atoms with Crippen LogP contribution in [0.1, 0.15) is 52.1 Å². The summed E-state index contributed by atoms with van der Waals surface area (Å²) >= 11 is 0. The third-order valence-electron chi connectivity index (χ3n) is 6.31. The van der Waals surface area contributed by atoms with Crippen LogP contribution in [0.4, 0.5) is 22.0 Å². The molecule has 44 heavy (non-hydrogen) atoms. The van der Waals surface area contributed by atoms with Crippen molar-refractivity contribution in [2.45, 2.75) is 44.8 Å². The first kappa shape index (κ1) is 32.3. The summed E-state index contributed by atoms with van der Waals surface area (Å²) < 4.78 is 68.9. The number of aromatic nitrogens is 6. The normalized spacial score (nSPS) is 12.2. The lowest BCUT2D eigenvalue weighted by Crippen LogP contribution is -2.35. The number of carboxylic acids is 1.